The number of hydrogen-bond donors (Lipinski definition) is 0. The van der Waals surface area contributed by atoms with Crippen molar-refractivity contribution < 1.29 is 19.1 Å². The molecule has 6 heteroatoms. The number of hydrogen-bond acceptors (Lipinski definition) is 5. The molecular formula is C22H32N2O4. The third kappa shape index (κ3) is 4.85. The van der Waals surface area contributed by atoms with Crippen molar-refractivity contribution >= 4 is 11.9 Å². The van der Waals surface area contributed by atoms with Gasteiger partial charge in [-0.05, 0) is 70.2 Å². The zero-order valence-electron chi connectivity index (χ0n) is 17.1. The van der Waals surface area contributed by atoms with E-state index >= 15 is 0 Å². The molecule has 2 atom stereocenters. The van der Waals surface area contributed by atoms with Crippen LogP contribution < -0.4 is 4.74 Å². The Bertz CT molecular complexity index is 661. The van der Waals surface area contributed by atoms with Crippen molar-refractivity contribution in [2.75, 3.05) is 32.8 Å². The molecule has 2 aliphatic rings. The number of carbonyl (C=O) groups excluding carboxylic acids is 2. The number of piperidine rings is 1. The van der Waals surface area contributed by atoms with E-state index in [1.54, 1.807) is 11.8 Å². The van der Waals surface area contributed by atoms with Crippen LogP contribution in [0.2, 0.25) is 0 Å². The number of nitrogens with zero attached hydrogens (tertiary/aromatic N) is 2. The summed E-state index contributed by atoms with van der Waals surface area (Å²) in [4.78, 5) is 29.3. The van der Waals surface area contributed by atoms with Gasteiger partial charge in [-0.1, -0.05) is 12.1 Å². The third-order valence-corrected chi connectivity index (χ3v) is 5.66. The molecule has 1 aromatic carbocycles. The summed E-state index contributed by atoms with van der Waals surface area (Å²) < 4.78 is 10.7. The van der Waals surface area contributed by atoms with Crippen molar-refractivity contribution in [2.24, 2.45) is 0 Å². The normalized spacial score (nSPS) is 22.9. The predicted octanol–water partition coefficient (Wildman–Crippen LogP) is 3.17. The molecule has 3 rings (SSSR count). The standard InChI is InChI=1S/C22H32N2O4/c1-3-27-18-12-10-17(11-13-18)19-9-7-14-23(19)16-21(25)24-15-6-5-8-20(24)22(26)28-4-2/h10-13,19-20H,3-9,14-16H2,1-2H3. The van der Waals surface area contributed by atoms with Gasteiger partial charge in [0.2, 0.25) is 5.91 Å². The lowest BCUT2D eigenvalue weighted by molar-refractivity contribution is -0.157. The summed E-state index contributed by atoms with van der Waals surface area (Å²) in [5, 5.41) is 0. The number of likely N-dealkylation sites (tertiary alicyclic amines) is 2. The molecule has 1 aromatic rings. The van der Waals surface area contributed by atoms with Gasteiger partial charge in [-0.15, -0.1) is 0 Å². The number of benzene rings is 1. The summed E-state index contributed by atoms with van der Waals surface area (Å²) in [5.41, 5.74) is 1.22. The number of amides is 1. The number of rotatable bonds is 7. The Balaban J connectivity index is 1.65. The molecule has 0 aliphatic carbocycles. The van der Waals surface area contributed by atoms with Crippen molar-refractivity contribution in [1.29, 1.82) is 0 Å². The Hall–Kier alpha value is -2.08. The van der Waals surface area contributed by atoms with E-state index in [1.165, 1.54) is 5.56 Å². The Morgan fingerprint density at radius 2 is 1.79 bits per heavy atom. The van der Waals surface area contributed by atoms with Crippen LogP contribution in [0.4, 0.5) is 0 Å². The van der Waals surface area contributed by atoms with E-state index in [-0.39, 0.29) is 17.9 Å². The SMILES string of the molecule is CCOC(=O)C1CCCCN1C(=O)CN1CCCC1c1ccc(OCC)cc1. The fourth-order valence-corrected chi connectivity index (χ4v) is 4.32. The molecule has 2 aliphatic heterocycles. The highest BCUT2D eigenvalue weighted by Crippen LogP contribution is 2.33. The predicted molar refractivity (Wildman–Crippen MR) is 107 cm³/mol. The highest BCUT2D eigenvalue weighted by atomic mass is 16.5. The first kappa shape index (κ1) is 20.6. The molecule has 1 amide bonds. The second-order valence-electron chi connectivity index (χ2n) is 7.48. The minimum atomic E-state index is -0.423. The first-order valence-corrected chi connectivity index (χ1v) is 10.6. The van der Waals surface area contributed by atoms with Crippen LogP contribution in [-0.2, 0) is 14.3 Å². The summed E-state index contributed by atoms with van der Waals surface area (Å²) in [6, 6.07) is 8.01. The zero-order chi connectivity index (χ0) is 19.9. The minimum Gasteiger partial charge on any atom is -0.494 e. The lowest BCUT2D eigenvalue weighted by Gasteiger charge is -2.36. The van der Waals surface area contributed by atoms with Gasteiger partial charge in [0, 0.05) is 12.6 Å². The fourth-order valence-electron chi connectivity index (χ4n) is 4.32. The minimum absolute atomic E-state index is 0.0376. The number of ether oxygens (including phenoxy) is 2. The summed E-state index contributed by atoms with van der Waals surface area (Å²) in [7, 11) is 0. The average Bonchev–Trinajstić information content (AvgIpc) is 3.17. The van der Waals surface area contributed by atoms with Crippen LogP contribution in [0.5, 0.6) is 5.75 Å². The molecule has 28 heavy (non-hydrogen) atoms. The van der Waals surface area contributed by atoms with Crippen molar-refractivity contribution in [2.45, 2.75) is 58.0 Å². The van der Waals surface area contributed by atoms with Crippen molar-refractivity contribution in [3.05, 3.63) is 29.8 Å². The van der Waals surface area contributed by atoms with Crippen LogP contribution in [0.25, 0.3) is 0 Å². The first-order valence-electron chi connectivity index (χ1n) is 10.6. The highest BCUT2D eigenvalue weighted by molar-refractivity contribution is 5.86. The Morgan fingerprint density at radius 3 is 2.50 bits per heavy atom. The monoisotopic (exact) mass is 388 g/mol. The van der Waals surface area contributed by atoms with Gasteiger partial charge < -0.3 is 14.4 Å². The molecule has 154 valence electrons. The average molecular weight is 389 g/mol. The summed E-state index contributed by atoms with van der Waals surface area (Å²) in [6.07, 6.45) is 4.73. The van der Waals surface area contributed by atoms with Crippen LogP contribution >= 0.6 is 0 Å². The fraction of sp³-hybridized carbons (Fsp3) is 0.636. The maximum absolute atomic E-state index is 13.0. The van der Waals surface area contributed by atoms with E-state index in [1.807, 2.05) is 19.1 Å². The van der Waals surface area contributed by atoms with E-state index in [9.17, 15) is 9.59 Å². The van der Waals surface area contributed by atoms with E-state index in [0.29, 0.717) is 32.7 Å². The Morgan fingerprint density at radius 1 is 1.00 bits per heavy atom. The van der Waals surface area contributed by atoms with E-state index in [0.717, 1.165) is 38.0 Å². The quantitative estimate of drug-likeness (QED) is 0.672. The topological polar surface area (TPSA) is 59.1 Å². The van der Waals surface area contributed by atoms with Crippen LogP contribution in [-0.4, -0.2) is 60.6 Å². The molecular weight excluding hydrogens is 356 g/mol. The van der Waals surface area contributed by atoms with Crippen molar-refractivity contribution in [3.8, 4) is 5.75 Å². The van der Waals surface area contributed by atoms with Gasteiger partial charge in [0.05, 0.1) is 19.8 Å². The second-order valence-corrected chi connectivity index (χ2v) is 7.48. The van der Waals surface area contributed by atoms with Crippen LogP contribution in [0.15, 0.2) is 24.3 Å². The lowest BCUT2D eigenvalue weighted by Crippen LogP contribution is -2.51. The molecule has 0 saturated carbocycles. The second kappa shape index (κ2) is 9.92. The van der Waals surface area contributed by atoms with Crippen molar-refractivity contribution in [3.63, 3.8) is 0 Å². The van der Waals surface area contributed by atoms with E-state index < -0.39 is 6.04 Å². The maximum Gasteiger partial charge on any atom is 0.328 e. The first-order chi connectivity index (χ1) is 13.6. The highest BCUT2D eigenvalue weighted by Gasteiger charge is 2.35. The van der Waals surface area contributed by atoms with Gasteiger partial charge in [-0.3, -0.25) is 9.69 Å². The summed E-state index contributed by atoms with van der Waals surface area (Å²) >= 11 is 0. The summed E-state index contributed by atoms with van der Waals surface area (Å²) in [5.74, 6) is 0.646. The third-order valence-electron chi connectivity index (χ3n) is 5.66. The number of esters is 1. The van der Waals surface area contributed by atoms with Gasteiger partial charge in [0.25, 0.3) is 0 Å². The van der Waals surface area contributed by atoms with Crippen LogP contribution in [0.1, 0.15) is 57.6 Å². The smallest absolute Gasteiger partial charge is 0.328 e. The van der Waals surface area contributed by atoms with Gasteiger partial charge in [-0.25, -0.2) is 4.79 Å². The van der Waals surface area contributed by atoms with Gasteiger partial charge in [-0.2, -0.15) is 0 Å². The van der Waals surface area contributed by atoms with Gasteiger partial charge >= 0.3 is 5.97 Å². The molecule has 2 heterocycles. The summed E-state index contributed by atoms with van der Waals surface area (Å²) in [6.45, 7) is 6.68. The van der Waals surface area contributed by atoms with Crippen LogP contribution in [0.3, 0.4) is 0 Å². The molecule has 0 aromatic heterocycles. The molecule has 2 unspecified atom stereocenters. The number of carbonyl (C=O) groups is 2. The van der Waals surface area contributed by atoms with E-state index in [4.69, 9.17) is 9.47 Å². The van der Waals surface area contributed by atoms with Crippen molar-refractivity contribution in [1.82, 2.24) is 9.80 Å². The molecule has 6 nitrogen and oxygen atoms in total. The Kier molecular flexibility index (Phi) is 7.31. The maximum atomic E-state index is 13.0. The molecule has 0 N–H and O–H groups in total. The zero-order valence-corrected chi connectivity index (χ0v) is 17.1. The van der Waals surface area contributed by atoms with E-state index in [2.05, 4.69) is 17.0 Å². The lowest BCUT2D eigenvalue weighted by atomic mass is 10.0. The largest absolute Gasteiger partial charge is 0.494 e. The molecule has 2 fully saturated rings. The molecule has 0 radical (unpaired) electrons. The Labute approximate surface area is 167 Å². The van der Waals surface area contributed by atoms with Gasteiger partial charge in [0.1, 0.15) is 11.8 Å². The van der Waals surface area contributed by atoms with Crippen LogP contribution in [0, 0.1) is 0 Å². The molecule has 0 bridgehead atoms. The molecule has 0 spiro atoms. The van der Waals surface area contributed by atoms with Gasteiger partial charge in [0.15, 0.2) is 0 Å². The molecule has 2 saturated heterocycles.